The minimum Gasteiger partial charge on any atom is -0.336 e. The zero-order valence-corrected chi connectivity index (χ0v) is 14.2. The number of rotatable bonds is 6. The SMILES string of the molecule is CC1CCC(NS(=O)(=O)CC(=O)N(C(C)C)C2CC2)CC1. The average Bonchev–Trinajstić information content (AvgIpc) is 3.15. The van der Waals surface area contributed by atoms with E-state index in [0.717, 1.165) is 38.5 Å². The Hall–Kier alpha value is -0.620. The molecule has 0 heterocycles. The lowest BCUT2D eigenvalue weighted by molar-refractivity contribution is -0.130. The summed E-state index contributed by atoms with van der Waals surface area (Å²) in [6, 6.07) is 0.325. The highest BCUT2D eigenvalue weighted by molar-refractivity contribution is 7.90. The van der Waals surface area contributed by atoms with Crippen molar-refractivity contribution in [3.8, 4) is 0 Å². The maximum absolute atomic E-state index is 12.3. The minimum atomic E-state index is -3.52. The second kappa shape index (κ2) is 6.65. The normalized spacial score (nSPS) is 26.9. The third-order valence-corrected chi connectivity index (χ3v) is 5.78. The lowest BCUT2D eigenvalue weighted by Gasteiger charge is -2.29. The van der Waals surface area contributed by atoms with Crippen molar-refractivity contribution in [2.75, 3.05) is 5.75 Å². The van der Waals surface area contributed by atoms with Crippen molar-refractivity contribution < 1.29 is 13.2 Å². The van der Waals surface area contributed by atoms with Crippen molar-refractivity contribution in [3.63, 3.8) is 0 Å². The molecular weight excluding hydrogens is 288 g/mol. The van der Waals surface area contributed by atoms with Gasteiger partial charge in [-0.3, -0.25) is 4.79 Å². The van der Waals surface area contributed by atoms with E-state index >= 15 is 0 Å². The fraction of sp³-hybridized carbons (Fsp3) is 0.933. The molecular formula is C15H28N2O3S. The second-order valence-corrected chi connectivity index (χ2v) is 8.71. The Morgan fingerprint density at radius 1 is 1.14 bits per heavy atom. The van der Waals surface area contributed by atoms with Crippen molar-refractivity contribution in [2.45, 2.75) is 77.4 Å². The molecule has 21 heavy (non-hydrogen) atoms. The van der Waals surface area contributed by atoms with Crippen LogP contribution in [-0.2, 0) is 14.8 Å². The monoisotopic (exact) mass is 316 g/mol. The molecule has 2 aliphatic carbocycles. The van der Waals surface area contributed by atoms with E-state index in [2.05, 4.69) is 11.6 Å². The van der Waals surface area contributed by atoms with E-state index in [4.69, 9.17) is 0 Å². The summed E-state index contributed by atoms with van der Waals surface area (Å²) in [5.74, 6) is 0.0103. The lowest BCUT2D eigenvalue weighted by atomic mass is 9.88. The van der Waals surface area contributed by atoms with Crippen LogP contribution < -0.4 is 4.72 Å². The van der Waals surface area contributed by atoms with Crippen molar-refractivity contribution >= 4 is 15.9 Å². The summed E-state index contributed by atoms with van der Waals surface area (Å²) in [6.45, 7) is 6.09. The number of sulfonamides is 1. The van der Waals surface area contributed by atoms with Crippen LogP contribution in [0.25, 0.3) is 0 Å². The van der Waals surface area contributed by atoms with Gasteiger partial charge in [-0.05, 0) is 58.3 Å². The van der Waals surface area contributed by atoms with Gasteiger partial charge in [-0.25, -0.2) is 13.1 Å². The molecule has 0 aromatic carbocycles. The first-order valence-corrected chi connectivity index (χ1v) is 9.75. The van der Waals surface area contributed by atoms with Crippen LogP contribution in [0, 0.1) is 5.92 Å². The third-order valence-electron chi connectivity index (χ3n) is 4.46. The maximum Gasteiger partial charge on any atom is 0.239 e. The minimum absolute atomic E-state index is 0.00687. The molecule has 2 aliphatic rings. The number of hydrogen-bond donors (Lipinski definition) is 1. The lowest BCUT2D eigenvalue weighted by Crippen LogP contribution is -2.46. The van der Waals surface area contributed by atoms with Gasteiger partial charge in [0.05, 0.1) is 0 Å². The summed E-state index contributed by atoms with van der Waals surface area (Å²) in [6.07, 6.45) is 5.87. The number of carbonyl (C=O) groups excluding carboxylic acids is 1. The van der Waals surface area contributed by atoms with Crippen molar-refractivity contribution in [1.82, 2.24) is 9.62 Å². The first kappa shape index (κ1) is 16.7. The number of hydrogen-bond acceptors (Lipinski definition) is 3. The first-order chi connectivity index (χ1) is 9.78. The zero-order chi connectivity index (χ0) is 15.6. The van der Waals surface area contributed by atoms with E-state index in [1.54, 1.807) is 4.90 Å². The molecule has 2 saturated carbocycles. The molecule has 2 rings (SSSR count). The van der Waals surface area contributed by atoms with Crippen LogP contribution in [0.2, 0.25) is 0 Å². The van der Waals surface area contributed by atoms with E-state index in [1.165, 1.54) is 0 Å². The van der Waals surface area contributed by atoms with Crippen LogP contribution in [0.4, 0.5) is 0 Å². The van der Waals surface area contributed by atoms with Gasteiger partial charge >= 0.3 is 0 Å². The van der Waals surface area contributed by atoms with Gasteiger partial charge in [-0.1, -0.05) is 6.92 Å². The van der Waals surface area contributed by atoms with Gasteiger partial charge in [0, 0.05) is 18.1 Å². The Bertz CT molecular complexity index is 461. The topological polar surface area (TPSA) is 66.5 Å². The predicted octanol–water partition coefficient (Wildman–Crippen LogP) is 1.88. The molecule has 1 N–H and O–H groups in total. The smallest absolute Gasteiger partial charge is 0.239 e. The summed E-state index contributed by atoms with van der Waals surface area (Å²) in [7, 11) is -3.52. The maximum atomic E-state index is 12.3. The molecule has 6 heteroatoms. The molecule has 122 valence electrons. The molecule has 0 aliphatic heterocycles. The van der Waals surface area contributed by atoms with Crippen molar-refractivity contribution in [3.05, 3.63) is 0 Å². The Morgan fingerprint density at radius 3 is 2.19 bits per heavy atom. The van der Waals surface area contributed by atoms with Crippen LogP contribution in [0.3, 0.4) is 0 Å². The summed E-state index contributed by atoms with van der Waals surface area (Å²) >= 11 is 0. The van der Waals surface area contributed by atoms with E-state index < -0.39 is 15.8 Å². The molecule has 0 radical (unpaired) electrons. The summed E-state index contributed by atoms with van der Waals surface area (Å²) in [5, 5.41) is 0. The highest BCUT2D eigenvalue weighted by Gasteiger charge is 2.36. The molecule has 0 saturated heterocycles. The molecule has 0 aromatic heterocycles. The first-order valence-electron chi connectivity index (χ1n) is 8.09. The van der Waals surface area contributed by atoms with Gasteiger partial charge in [0.15, 0.2) is 0 Å². The highest BCUT2D eigenvalue weighted by Crippen LogP contribution is 2.29. The van der Waals surface area contributed by atoms with Gasteiger partial charge in [0.2, 0.25) is 15.9 Å². The van der Waals surface area contributed by atoms with E-state index in [9.17, 15) is 13.2 Å². The molecule has 2 fully saturated rings. The molecule has 5 nitrogen and oxygen atoms in total. The average molecular weight is 316 g/mol. The van der Waals surface area contributed by atoms with Crippen LogP contribution >= 0.6 is 0 Å². The third kappa shape index (κ3) is 4.95. The quantitative estimate of drug-likeness (QED) is 0.813. The predicted molar refractivity (Wildman–Crippen MR) is 83.3 cm³/mol. The van der Waals surface area contributed by atoms with Crippen molar-refractivity contribution in [2.24, 2.45) is 5.92 Å². The van der Waals surface area contributed by atoms with Crippen LogP contribution in [0.15, 0.2) is 0 Å². The summed E-state index contributed by atoms with van der Waals surface area (Å²) in [4.78, 5) is 14.0. The summed E-state index contributed by atoms with van der Waals surface area (Å²) < 4.78 is 27.1. The fourth-order valence-corrected chi connectivity index (χ4v) is 4.48. The molecule has 0 unspecified atom stereocenters. The van der Waals surface area contributed by atoms with Crippen LogP contribution in [0.5, 0.6) is 0 Å². The number of carbonyl (C=O) groups is 1. The largest absolute Gasteiger partial charge is 0.336 e. The Kier molecular flexibility index (Phi) is 5.30. The molecule has 1 amide bonds. The van der Waals surface area contributed by atoms with Gasteiger partial charge in [-0.15, -0.1) is 0 Å². The number of nitrogens with zero attached hydrogens (tertiary/aromatic N) is 1. The van der Waals surface area contributed by atoms with E-state index in [-0.39, 0.29) is 24.0 Å². The molecule has 0 atom stereocenters. The van der Waals surface area contributed by atoms with E-state index in [1.807, 2.05) is 13.8 Å². The van der Waals surface area contributed by atoms with Gasteiger partial charge in [0.1, 0.15) is 5.75 Å². The second-order valence-electron chi connectivity index (χ2n) is 6.96. The van der Waals surface area contributed by atoms with Crippen LogP contribution in [0.1, 0.15) is 59.3 Å². The van der Waals surface area contributed by atoms with E-state index in [0.29, 0.717) is 5.92 Å². The van der Waals surface area contributed by atoms with Gasteiger partial charge in [-0.2, -0.15) is 0 Å². The fourth-order valence-electron chi connectivity index (χ4n) is 3.18. The summed E-state index contributed by atoms with van der Waals surface area (Å²) in [5.41, 5.74) is 0. The van der Waals surface area contributed by atoms with Gasteiger partial charge in [0.25, 0.3) is 0 Å². The Balaban J connectivity index is 1.89. The Morgan fingerprint density at radius 2 is 1.71 bits per heavy atom. The highest BCUT2D eigenvalue weighted by atomic mass is 32.2. The molecule has 0 aromatic rings. The number of nitrogens with one attached hydrogen (secondary N) is 1. The van der Waals surface area contributed by atoms with Crippen molar-refractivity contribution in [1.29, 1.82) is 0 Å². The standard InChI is InChI=1S/C15H28N2O3S/c1-11(2)17(14-8-9-14)15(18)10-21(19,20)16-13-6-4-12(3)5-7-13/h11-14,16H,4-10H2,1-3H3. The molecule has 0 bridgehead atoms. The van der Waals surface area contributed by atoms with Crippen LogP contribution in [-0.4, -0.2) is 43.1 Å². The zero-order valence-electron chi connectivity index (χ0n) is 13.3. The molecule has 0 spiro atoms. The Labute approximate surface area is 128 Å². The number of amides is 1. The van der Waals surface area contributed by atoms with Gasteiger partial charge < -0.3 is 4.90 Å².